The van der Waals surface area contributed by atoms with Crippen LogP contribution in [0.3, 0.4) is 0 Å². The van der Waals surface area contributed by atoms with Crippen LogP contribution in [-0.4, -0.2) is 40.4 Å². The van der Waals surface area contributed by atoms with E-state index in [1.165, 1.54) is 31.5 Å². The van der Waals surface area contributed by atoms with E-state index in [0.717, 1.165) is 19.0 Å². The molecule has 1 aromatic rings. The first-order chi connectivity index (χ1) is 9.54. The van der Waals surface area contributed by atoms with Gasteiger partial charge in [-0.15, -0.1) is 0 Å². The summed E-state index contributed by atoms with van der Waals surface area (Å²) in [4.78, 5) is 2.58. The molecule has 1 aliphatic rings. The summed E-state index contributed by atoms with van der Waals surface area (Å²) in [5.74, 6) is 0.797. The van der Waals surface area contributed by atoms with Crippen molar-refractivity contribution in [2.75, 3.05) is 19.6 Å². The van der Waals surface area contributed by atoms with E-state index in [1.54, 1.807) is 0 Å². The topological polar surface area (TPSA) is 33.1 Å². The van der Waals surface area contributed by atoms with Crippen molar-refractivity contribution in [1.82, 2.24) is 20.0 Å². The Labute approximate surface area is 123 Å². The van der Waals surface area contributed by atoms with E-state index in [-0.39, 0.29) is 0 Å². The summed E-state index contributed by atoms with van der Waals surface area (Å²) in [6.07, 6.45) is 6.90. The highest BCUT2D eigenvalue weighted by Gasteiger charge is 2.20. The minimum atomic E-state index is 0.452. The molecule has 1 fully saturated rings. The molecule has 114 valence electrons. The van der Waals surface area contributed by atoms with Gasteiger partial charge in [0.2, 0.25) is 0 Å². The maximum Gasteiger partial charge on any atom is 0.0534 e. The fraction of sp³-hybridized carbons (Fsp3) is 0.812. The lowest BCUT2D eigenvalue weighted by Crippen LogP contribution is -2.40. The van der Waals surface area contributed by atoms with E-state index in [1.807, 2.05) is 6.20 Å². The number of likely N-dealkylation sites (tertiary alicyclic amines) is 1. The van der Waals surface area contributed by atoms with Crippen LogP contribution in [0.1, 0.15) is 52.1 Å². The van der Waals surface area contributed by atoms with Gasteiger partial charge in [-0.25, -0.2) is 0 Å². The molecule has 1 saturated heterocycles. The summed E-state index contributed by atoms with van der Waals surface area (Å²) in [6.45, 7) is 13.4. The fourth-order valence-corrected chi connectivity index (χ4v) is 2.86. The molecular formula is C16H30N4. The number of piperidine rings is 1. The molecule has 1 unspecified atom stereocenters. The molecule has 1 N–H and O–H groups in total. The molecule has 20 heavy (non-hydrogen) atoms. The normalized spacial score (nSPS) is 21.0. The third kappa shape index (κ3) is 4.60. The molecular weight excluding hydrogens is 248 g/mol. The zero-order chi connectivity index (χ0) is 14.5. The summed E-state index contributed by atoms with van der Waals surface area (Å²) in [6, 6.07) is 1.04. The Kier molecular flexibility index (Phi) is 5.61. The minimum absolute atomic E-state index is 0.452. The average molecular weight is 278 g/mol. The van der Waals surface area contributed by atoms with Gasteiger partial charge in [0, 0.05) is 36.9 Å². The Morgan fingerprint density at radius 2 is 2.15 bits per heavy atom. The number of aromatic nitrogens is 2. The average Bonchev–Trinajstić information content (AvgIpc) is 2.85. The van der Waals surface area contributed by atoms with Gasteiger partial charge in [-0.05, 0) is 45.7 Å². The van der Waals surface area contributed by atoms with Crippen LogP contribution < -0.4 is 5.32 Å². The molecule has 1 atom stereocenters. The number of nitrogens with one attached hydrogen (secondary N) is 1. The van der Waals surface area contributed by atoms with Crippen LogP contribution in [-0.2, 0) is 6.54 Å². The first kappa shape index (κ1) is 15.5. The van der Waals surface area contributed by atoms with Gasteiger partial charge in [0.15, 0.2) is 0 Å². The van der Waals surface area contributed by atoms with Crippen molar-refractivity contribution in [2.45, 2.75) is 59.2 Å². The molecule has 4 heteroatoms. The van der Waals surface area contributed by atoms with Crippen molar-refractivity contribution >= 4 is 0 Å². The van der Waals surface area contributed by atoms with Crippen molar-refractivity contribution < 1.29 is 0 Å². The Morgan fingerprint density at radius 3 is 2.80 bits per heavy atom. The third-order valence-corrected chi connectivity index (χ3v) is 4.01. The van der Waals surface area contributed by atoms with E-state index < -0.39 is 0 Å². The van der Waals surface area contributed by atoms with E-state index in [9.17, 15) is 0 Å². The standard InChI is InChI=1S/C16H30N4/c1-13(2)17-8-15-6-5-7-19(10-15)11-16-9-18-20(12-16)14(3)4/h9,12-15,17H,5-8,10-11H2,1-4H3. The second-order valence-corrected chi connectivity index (χ2v) is 6.73. The number of nitrogens with zero attached hydrogens (tertiary/aromatic N) is 3. The third-order valence-electron chi connectivity index (χ3n) is 4.01. The van der Waals surface area contributed by atoms with E-state index >= 15 is 0 Å². The van der Waals surface area contributed by atoms with Gasteiger partial charge in [-0.2, -0.15) is 5.10 Å². The maximum absolute atomic E-state index is 4.44. The van der Waals surface area contributed by atoms with Gasteiger partial charge in [0.1, 0.15) is 0 Å². The number of hydrogen-bond acceptors (Lipinski definition) is 3. The fourth-order valence-electron chi connectivity index (χ4n) is 2.86. The second kappa shape index (κ2) is 7.23. The molecule has 1 aliphatic heterocycles. The molecule has 1 aromatic heterocycles. The lowest BCUT2D eigenvalue weighted by Gasteiger charge is -2.33. The molecule has 0 saturated carbocycles. The summed E-state index contributed by atoms with van der Waals surface area (Å²) in [5, 5.41) is 8.01. The molecule has 0 spiro atoms. The molecule has 0 amide bonds. The number of rotatable bonds is 6. The van der Waals surface area contributed by atoms with Gasteiger partial charge in [-0.1, -0.05) is 13.8 Å². The first-order valence-corrected chi connectivity index (χ1v) is 8.03. The van der Waals surface area contributed by atoms with Crippen LogP contribution in [0.4, 0.5) is 0 Å². The molecule has 0 bridgehead atoms. The van der Waals surface area contributed by atoms with Crippen molar-refractivity contribution in [3.8, 4) is 0 Å². The van der Waals surface area contributed by atoms with Gasteiger partial charge in [0.25, 0.3) is 0 Å². The van der Waals surface area contributed by atoms with Crippen LogP contribution >= 0.6 is 0 Å². The highest BCUT2D eigenvalue weighted by molar-refractivity contribution is 5.04. The predicted molar refractivity (Wildman–Crippen MR) is 83.8 cm³/mol. The van der Waals surface area contributed by atoms with Crippen LogP contribution in [0.2, 0.25) is 0 Å². The zero-order valence-corrected chi connectivity index (χ0v) is 13.5. The Balaban J connectivity index is 1.82. The summed E-state index contributed by atoms with van der Waals surface area (Å²) >= 11 is 0. The quantitative estimate of drug-likeness (QED) is 0.868. The van der Waals surface area contributed by atoms with Crippen molar-refractivity contribution in [3.05, 3.63) is 18.0 Å². The largest absolute Gasteiger partial charge is 0.314 e. The summed E-state index contributed by atoms with van der Waals surface area (Å²) < 4.78 is 2.05. The SMILES string of the molecule is CC(C)NCC1CCCN(Cc2cnn(C(C)C)c2)C1. The molecule has 4 nitrogen and oxygen atoms in total. The zero-order valence-electron chi connectivity index (χ0n) is 13.5. The van der Waals surface area contributed by atoms with Crippen LogP contribution in [0.15, 0.2) is 12.4 Å². The highest BCUT2D eigenvalue weighted by atomic mass is 15.3. The summed E-state index contributed by atoms with van der Waals surface area (Å²) in [7, 11) is 0. The smallest absolute Gasteiger partial charge is 0.0534 e. The lowest BCUT2D eigenvalue weighted by molar-refractivity contribution is 0.164. The Hall–Kier alpha value is -0.870. The minimum Gasteiger partial charge on any atom is -0.314 e. The van der Waals surface area contributed by atoms with Crippen molar-refractivity contribution in [2.24, 2.45) is 5.92 Å². The van der Waals surface area contributed by atoms with Crippen molar-refractivity contribution in [3.63, 3.8) is 0 Å². The lowest BCUT2D eigenvalue weighted by atomic mass is 9.97. The monoisotopic (exact) mass is 278 g/mol. The van der Waals surface area contributed by atoms with E-state index in [0.29, 0.717) is 12.1 Å². The van der Waals surface area contributed by atoms with Crippen LogP contribution in [0.5, 0.6) is 0 Å². The van der Waals surface area contributed by atoms with Crippen molar-refractivity contribution in [1.29, 1.82) is 0 Å². The first-order valence-electron chi connectivity index (χ1n) is 8.03. The molecule has 2 heterocycles. The molecule has 0 aromatic carbocycles. The van der Waals surface area contributed by atoms with E-state index in [4.69, 9.17) is 0 Å². The Morgan fingerprint density at radius 1 is 1.35 bits per heavy atom. The van der Waals surface area contributed by atoms with Crippen LogP contribution in [0.25, 0.3) is 0 Å². The van der Waals surface area contributed by atoms with Gasteiger partial charge >= 0.3 is 0 Å². The predicted octanol–water partition coefficient (Wildman–Crippen LogP) is 2.67. The maximum atomic E-state index is 4.44. The second-order valence-electron chi connectivity index (χ2n) is 6.73. The number of hydrogen-bond donors (Lipinski definition) is 1. The molecule has 2 rings (SSSR count). The Bertz CT molecular complexity index is 397. The van der Waals surface area contributed by atoms with E-state index in [2.05, 4.69) is 53.9 Å². The van der Waals surface area contributed by atoms with Gasteiger partial charge in [-0.3, -0.25) is 9.58 Å². The summed E-state index contributed by atoms with van der Waals surface area (Å²) in [5.41, 5.74) is 1.34. The van der Waals surface area contributed by atoms with Gasteiger partial charge < -0.3 is 5.32 Å². The van der Waals surface area contributed by atoms with Gasteiger partial charge in [0.05, 0.1) is 6.20 Å². The van der Waals surface area contributed by atoms with Crippen LogP contribution in [0, 0.1) is 5.92 Å². The molecule has 0 radical (unpaired) electrons. The molecule has 0 aliphatic carbocycles. The highest BCUT2D eigenvalue weighted by Crippen LogP contribution is 2.18.